The minimum absolute atomic E-state index is 0.0130. The summed E-state index contributed by atoms with van der Waals surface area (Å²) in [5.41, 5.74) is -1.21. The Kier molecular flexibility index (Phi) is 4.29. The van der Waals surface area contributed by atoms with Gasteiger partial charge in [0, 0.05) is 11.9 Å². The highest BCUT2D eigenvalue weighted by atomic mass is 19.4. The summed E-state index contributed by atoms with van der Waals surface area (Å²) in [7, 11) is 1.47. The maximum atomic E-state index is 13.8. The number of H-pyrrole nitrogens is 1. The fourth-order valence-electron chi connectivity index (χ4n) is 3.67. The Bertz CT molecular complexity index is 1530. The van der Waals surface area contributed by atoms with Crippen molar-refractivity contribution in [1.82, 2.24) is 29.2 Å². The lowest BCUT2D eigenvalue weighted by atomic mass is 10.1. The highest BCUT2D eigenvalue weighted by molar-refractivity contribution is 5.81. The highest BCUT2D eigenvalue weighted by Gasteiger charge is 2.39. The van der Waals surface area contributed by atoms with E-state index in [1.165, 1.54) is 23.8 Å². The zero-order valence-corrected chi connectivity index (χ0v) is 16.8. The summed E-state index contributed by atoms with van der Waals surface area (Å²) in [5.74, 6) is 0.478. The molecule has 0 aliphatic rings. The first kappa shape index (κ1) is 19.8. The third-order valence-corrected chi connectivity index (χ3v) is 5.07. The van der Waals surface area contributed by atoms with Gasteiger partial charge in [-0.25, -0.2) is 9.50 Å². The van der Waals surface area contributed by atoms with Crippen molar-refractivity contribution >= 4 is 11.3 Å². The number of pyridine rings is 1. The first-order valence-electron chi connectivity index (χ1n) is 9.47. The van der Waals surface area contributed by atoms with Gasteiger partial charge in [-0.05, 0) is 24.6 Å². The smallest absolute Gasteiger partial charge is 0.435 e. The van der Waals surface area contributed by atoms with E-state index in [1.54, 1.807) is 43.5 Å². The number of aromatic nitrogens is 6. The number of rotatable bonds is 3. The second-order valence-corrected chi connectivity index (χ2v) is 7.06. The number of aromatic amines is 1. The van der Waals surface area contributed by atoms with Crippen LogP contribution >= 0.6 is 0 Å². The second-order valence-electron chi connectivity index (χ2n) is 7.06. The second kappa shape index (κ2) is 6.94. The van der Waals surface area contributed by atoms with Gasteiger partial charge in [-0.2, -0.15) is 22.8 Å². The Balaban J connectivity index is 1.82. The maximum absolute atomic E-state index is 13.8. The SMILES string of the molecule is COc1cccn2nc(-c3c(C)[nH]c4c(-c5ccccc5)c(C(F)(F)F)nn4c3=O)nc12. The number of nitrogens with one attached hydrogen (secondary N) is 1. The molecule has 162 valence electrons. The molecule has 11 heteroatoms. The molecule has 4 heterocycles. The van der Waals surface area contributed by atoms with Gasteiger partial charge in [0.25, 0.3) is 5.56 Å². The molecule has 32 heavy (non-hydrogen) atoms. The molecule has 0 bridgehead atoms. The number of alkyl halides is 3. The van der Waals surface area contributed by atoms with Gasteiger partial charge >= 0.3 is 6.18 Å². The Labute approximate surface area is 177 Å². The lowest BCUT2D eigenvalue weighted by Crippen LogP contribution is -2.20. The zero-order valence-electron chi connectivity index (χ0n) is 16.8. The van der Waals surface area contributed by atoms with Gasteiger partial charge in [0.15, 0.2) is 22.9 Å². The first-order valence-corrected chi connectivity index (χ1v) is 9.47. The monoisotopic (exact) mass is 440 g/mol. The van der Waals surface area contributed by atoms with Crippen LogP contribution in [-0.4, -0.2) is 36.3 Å². The molecule has 0 spiro atoms. The largest absolute Gasteiger partial charge is 0.493 e. The Morgan fingerprint density at radius 1 is 1.03 bits per heavy atom. The van der Waals surface area contributed by atoms with E-state index < -0.39 is 17.4 Å². The van der Waals surface area contributed by atoms with Crippen LogP contribution in [0.25, 0.3) is 33.8 Å². The van der Waals surface area contributed by atoms with E-state index in [4.69, 9.17) is 4.74 Å². The molecule has 0 unspecified atom stereocenters. The Hall–Kier alpha value is -4.15. The maximum Gasteiger partial charge on any atom is 0.435 e. The third-order valence-electron chi connectivity index (χ3n) is 5.07. The number of methoxy groups -OCH3 is 1. The summed E-state index contributed by atoms with van der Waals surface area (Å²) in [4.78, 5) is 20.6. The van der Waals surface area contributed by atoms with Gasteiger partial charge in [-0.15, -0.1) is 5.10 Å². The van der Waals surface area contributed by atoms with Crippen molar-refractivity contribution in [3.8, 4) is 28.3 Å². The van der Waals surface area contributed by atoms with Crippen LogP contribution in [0.5, 0.6) is 5.75 Å². The number of ether oxygens (including phenoxy) is 1. The fourth-order valence-corrected chi connectivity index (χ4v) is 3.67. The molecule has 0 aliphatic heterocycles. The minimum Gasteiger partial charge on any atom is -0.493 e. The number of hydrogen-bond donors (Lipinski definition) is 1. The summed E-state index contributed by atoms with van der Waals surface area (Å²) in [6, 6.07) is 11.4. The topological polar surface area (TPSA) is 89.6 Å². The Morgan fingerprint density at radius 3 is 2.47 bits per heavy atom. The van der Waals surface area contributed by atoms with Gasteiger partial charge in [0.2, 0.25) is 0 Å². The molecule has 0 saturated heterocycles. The van der Waals surface area contributed by atoms with Crippen LogP contribution in [0.4, 0.5) is 13.2 Å². The van der Waals surface area contributed by atoms with Crippen molar-refractivity contribution in [3.05, 3.63) is 70.4 Å². The van der Waals surface area contributed by atoms with E-state index in [0.717, 1.165) is 4.52 Å². The van der Waals surface area contributed by atoms with Crippen LogP contribution in [0, 0.1) is 6.92 Å². The summed E-state index contributed by atoms with van der Waals surface area (Å²) < 4.78 is 48.9. The van der Waals surface area contributed by atoms with Crippen LogP contribution in [0.3, 0.4) is 0 Å². The molecule has 0 atom stereocenters. The quantitative estimate of drug-likeness (QED) is 0.462. The first-order chi connectivity index (χ1) is 15.3. The van der Waals surface area contributed by atoms with E-state index >= 15 is 0 Å². The van der Waals surface area contributed by atoms with Crippen molar-refractivity contribution in [2.45, 2.75) is 13.1 Å². The molecule has 1 aromatic carbocycles. The molecule has 0 radical (unpaired) electrons. The van der Waals surface area contributed by atoms with E-state index in [1.807, 2.05) is 0 Å². The van der Waals surface area contributed by atoms with Crippen molar-refractivity contribution in [2.75, 3.05) is 7.11 Å². The molecular weight excluding hydrogens is 425 g/mol. The number of aryl methyl sites for hydroxylation is 1. The molecule has 0 fully saturated rings. The summed E-state index contributed by atoms with van der Waals surface area (Å²) in [6.07, 6.45) is -3.14. The zero-order chi connectivity index (χ0) is 22.6. The highest BCUT2D eigenvalue weighted by Crippen LogP contribution is 2.38. The predicted molar refractivity (Wildman–Crippen MR) is 110 cm³/mol. The van der Waals surface area contributed by atoms with Gasteiger partial charge in [0.1, 0.15) is 11.2 Å². The standard InChI is InChI=1S/C21H15F3N6O2/c1-11-14(17-26-18-13(32-2)9-6-10-29(18)28-17)20(31)30-19(25-11)15(12-7-4-3-5-8-12)16(27-30)21(22,23)24/h3-10,25H,1-2H3. The molecule has 1 N–H and O–H groups in total. The molecule has 0 saturated carbocycles. The average molecular weight is 440 g/mol. The van der Waals surface area contributed by atoms with Gasteiger partial charge < -0.3 is 9.72 Å². The lowest BCUT2D eigenvalue weighted by molar-refractivity contribution is -0.140. The summed E-state index contributed by atoms with van der Waals surface area (Å²) >= 11 is 0. The normalized spacial score (nSPS) is 12.0. The fraction of sp³-hybridized carbons (Fsp3) is 0.143. The van der Waals surface area contributed by atoms with Crippen molar-refractivity contribution in [1.29, 1.82) is 0 Å². The van der Waals surface area contributed by atoms with E-state index in [0.29, 0.717) is 17.1 Å². The summed E-state index contributed by atoms with van der Waals surface area (Å²) in [6.45, 7) is 1.58. The molecule has 0 amide bonds. The van der Waals surface area contributed by atoms with Crippen LogP contribution in [0.1, 0.15) is 11.4 Å². The number of fused-ring (bicyclic) bond motifs is 2. The predicted octanol–water partition coefficient (Wildman–Crippen LogP) is 3.74. The third kappa shape index (κ3) is 2.93. The van der Waals surface area contributed by atoms with E-state index in [2.05, 4.69) is 20.2 Å². The van der Waals surface area contributed by atoms with Crippen LogP contribution in [0.2, 0.25) is 0 Å². The van der Waals surface area contributed by atoms with E-state index in [9.17, 15) is 18.0 Å². The molecule has 8 nitrogen and oxygen atoms in total. The van der Waals surface area contributed by atoms with Gasteiger partial charge in [0.05, 0.1) is 12.7 Å². The molecular formula is C21H15F3N6O2. The number of benzene rings is 1. The van der Waals surface area contributed by atoms with Crippen molar-refractivity contribution in [3.63, 3.8) is 0 Å². The van der Waals surface area contributed by atoms with Crippen molar-refractivity contribution < 1.29 is 17.9 Å². The molecule has 4 aromatic heterocycles. The van der Waals surface area contributed by atoms with Crippen LogP contribution in [-0.2, 0) is 6.18 Å². The minimum atomic E-state index is -4.76. The number of hydrogen-bond acceptors (Lipinski definition) is 5. The molecule has 0 aliphatic carbocycles. The number of nitrogens with zero attached hydrogens (tertiary/aromatic N) is 5. The lowest BCUT2D eigenvalue weighted by Gasteiger charge is -2.07. The van der Waals surface area contributed by atoms with Crippen molar-refractivity contribution in [2.24, 2.45) is 0 Å². The van der Waals surface area contributed by atoms with Crippen LogP contribution < -0.4 is 10.3 Å². The van der Waals surface area contributed by atoms with Gasteiger partial charge in [-0.3, -0.25) is 4.79 Å². The average Bonchev–Trinajstić information content (AvgIpc) is 3.36. The molecule has 5 aromatic rings. The van der Waals surface area contributed by atoms with Crippen LogP contribution in [0.15, 0.2) is 53.5 Å². The number of halogens is 3. The van der Waals surface area contributed by atoms with E-state index in [-0.39, 0.29) is 28.2 Å². The molecule has 5 rings (SSSR count). The van der Waals surface area contributed by atoms with Gasteiger partial charge in [-0.1, -0.05) is 30.3 Å². The Morgan fingerprint density at radius 2 is 1.78 bits per heavy atom. The summed E-state index contributed by atoms with van der Waals surface area (Å²) in [5, 5.41) is 7.93.